The van der Waals surface area contributed by atoms with Gasteiger partial charge in [-0.2, -0.15) is 0 Å². The normalized spacial score (nSPS) is 13.7. The summed E-state index contributed by atoms with van der Waals surface area (Å²) in [6, 6.07) is 20.7. The molecule has 0 radical (unpaired) electrons. The van der Waals surface area contributed by atoms with Crippen LogP contribution in [0.2, 0.25) is 0 Å². The first-order valence-electron chi connectivity index (χ1n) is 10.7. The molecule has 2 amide bonds. The van der Waals surface area contributed by atoms with Crippen molar-refractivity contribution in [2.24, 2.45) is 0 Å². The van der Waals surface area contributed by atoms with Crippen LogP contribution in [-0.2, 0) is 9.59 Å². The Bertz CT molecular complexity index is 1210. The summed E-state index contributed by atoms with van der Waals surface area (Å²) in [5.41, 5.74) is 5.67. The van der Waals surface area contributed by atoms with Gasteiger partial charge in [0.25, 0.3) is 11.8 Å². The second kappa shape index (κ2) is 8.71. The molecule has 1 aliphatic heterocycles. The molecule has 5 nitrogen and oxygen atoms in total. The standard InChI is InChI=1S/C27H26N2O3/c1-5-32-22-13-9-20(10-14-22)24-25(28-21-11-6-17(2)7-12-21)27(31)29(26(24)30)23-15-8-18(3)16-19(23)4/h6-16,28H,5H2,1-4H3. The Morgan fingerprint density at radius 2 is 1.47 bits per heavy atom. The van der Waals surface area contributed by atoms with Crippen LogP contribution in [-0.4, -0.2) is 18.4 Å². The van der Waals surface area contributed by atoms with E-state index < -0.39 is 0 Å². The molecule has 1 N–H and O–H groups in total. The molecule has 0 bridgehead atoms. The zero-order valence-corrected chi connectivity index (χ0v) is 18.7. The molecule has 3 aromatic rings. The largest absolute Gasteiger partial charge is 0.494 e. The number of ether oxygens (including phenoxy) is 1. The van der Waals surface area contributed by atoms with Crippen LogP contribution in [0.4, 0.5) is 11.4 Å². The lowest BCUT2D eigenvalue weighted by Gasteiger charge is -2.18. The lowest BCUT2D eigenvalue weighted by Crippen LogP contribution is -2.33. The number of carbonyl (C=O) groups excluding carboxylic acids is 2. The van der Waals surface area contributed by atoms with E-state index in [2.05, 4.69) is 5.32 Å². The van der Waals surface area contributed by atoms with Gasteiger partial charge in [0, 0.05) is 5.69 Å². The van der Waals surface area contributed by atoms with Gasteiger partial charge in [0.15, 0.2) is 0 Å². The monoisotopic (exact) mass is 426 g/mol. The third-order valence-electron chi connectivity index (χ3n) is 5.45. The van der Waals surface area contributed by atoms with E-state index in [0.717, 1.165) is 22.4 Å². The van der Waals surface area contributed by atoms with E-state index >= 15 is 0 Å². The van der Waals surface area contributed by atoms with Crippen molar-refractivity contribution in [2.75, 3.05) is 16.8 Å². The number of nitrogens with zero attached hydrogens (tertiary/aromatic N) is 1. The van der Waals surface area contributed by atoms with Gasteiger partial charge in [-0.05, 0) is 69.2 Å². The number of aryl methyl sites for hydroxylation is 3. The van der Waals surface area contributed by atoms with Gasteiger partial charge in [0.2, 0.25) is 0 Å². The van der Waals surface area contributed by atoms with E-state index in [4.69, 9.17) is 4.74 Å². The molecule has 0 aromatic heterocycles. The predicted molar refractivity (Wildman–Crippen MR) is 128 cm³/mol. The number of benzene rings is 3. The second-order valence-electron chi connectivity index (χ2n) is 7.93. The van der Waals surface area contributed by atoms with Crippen molar-refractivity contribution in [3.63, 3.8) is 0 Å². The lowest BCUT2D eigenvalue weighted by atomic mass is 10.0. The van der Waals surface area contributed by atoms with Crippen LogP contribution in [0.1, 0.15) is 29.2 Å². The number of nitrogens with one attached hydrogen (secondary N) is 1. The fourth-order valence-corrected chi connectivity index (χ4v) is 3.85. The molecule has 0 unspecified atom stereocenters. The Morgan fingerprint density at radius 1 is 0.812 bits per heavy atom. The van der Waals surface area contributed by atoms with E-state index in [-0.39, 0.29) is 17.5 Å². The van der Waals surface area contributed by atoms with Crippen molar-refractivity contribution in [1.82, 2.24) is 0 Å². The summed E-state index contributed by atoms with van der Waals surface area (Å²) >= 11 is 0. The highest BCUT2D eigenvalue weighted by Gasteiger charge is 2.40. The molecule has 32 heavy (non-hydrogen) atoms. The Kier molecular flexibility index (Phi) is 5.82. The van der Waals surface area contributed by atoms with Crippen LogP contribution in [0.5, 0.6) is 5.75 Å². The van der Waals surface area contributed by atoms with Crippen LogP contribution in [0, 0.1) is 20.8 Å². The van der Waals surface area contributed by atoms with Crippen molar-refractivity contribution in [3.05, 3.63) is 94.7 Å². The summed E-state index contributed by atoms with van der Waals surface area (Å²) in [6.45, 7) is 8.37. The van der Waals surface area contributed by atoms with Gasteiger partial charge in [-0.3, -0.25) is 9.59 Å². The van der Waals surface area contributed by atoms with Crippen LogP contribution in [0.15, 0.2) is 72.4 Å². The third kappa shape index (κ3) is 4.02. The zero-order valence-electron chi connectivity index (χ0n) is 18.7. The third-order valence-corrected chi connectivity index (χ3v) is 5.45. The molecule has 3 aromatic carbocycles. The smallest absolute Gasteiger partial charge is 0.282 e. The van der Waals surface area contributed by atoms with E-state index in [1.807, 2.05) is 94.4 Å². The van der Waals surface area contributed by atoms with E-state index in [1.165, 1.54) is 4.90 Å². The Hall–Kier alpha value is -3.86. The van der Waals surface area contributed by atoms with Gasteiger partial charge in [0.05, 0.1) is 17.9 Å². The molecule has 162 valence electrons. The average Bonchev–Trinajstić information content (AvgIpc) is 3.00. The molecule has 0 saturated carbocycles. The predicted octanol–water partition coefficient (Wildman–Crippen LogP) is 5.41. The molecule has 1 aliphatic rings. The molecule has 0 aliphatic carbocycles. The Morgan fingerprint density at radius 3 is 2.09 bits per heavy atom. The Balaban J connectivity index is 1.80. The van der Waals surface area contributed by atoms with Gasteiger partial charge in [-0.25, -0.2) is 4.90 Å². The molecule has 0 fully saturated rings. The molecule has 0 atom stereocenters. The number of carbonyl (C=O) groups is 2. The molecule has 5 heteroatoms. The van der Waals surface area contributed by atoms with Gasteiger partial charge < -0.3 is 10.1 Å². The minimum atomic E-state index is -0.369. The van der Waals surface area contributed by atoms with E-state index in [1.54, 1.807) is 0 Å². The molecule has 1 heterocycles. The number of rotatable bonds is 6. The summed E-state index contributed by atoms with van der Waals surface area (Å²) in [7, 11) is 0. The van der Waals surface area contributed by atoms with Crippen molar-refractivity contribution >= 4 is 28.8 Å². The number of hydrogen-bond acceptors (Lipinski definition) is 4. The highest BCUT2D eigenvalue weighted by atomic mass is 16.5. The van der Waals surface area contributed by atoms with Crippen molar-refractivity contribution in [2.45, 2.75) is 27.7 Å². The molecule has 4 rings (SSSR count). The first kappa shape index (κ1) is 21.4. The van der Waals surface area contributed by atoms with Gasteiger partial charge in [-0.1, -0.05) is 47.5 Å². The molecule has 0 saturated heterocycles. The quantitative estimate of drug-likeness (QED) is 0.536. The van der Waals surface area contributed by atoms with Crippen molar-refractivity contribution < 1.29 is 14.3 Å². The Labute approximate surface area is 188 Å². The number of imide groups is 1. The zero-order chi connectivity index (χ0) is 22.8. The van der Waals surface area contributed by atoms with Gasteiger partial charge >= 0.3 is 0 Å². The summed E-state index contributed by atoms with van der Waals surface area (Å²) < 4.78 is 5.53. The highest BCUT2D eigenvalue weighted by Crippen LogP contribution is 2.35. The molecular weight excluding hydrogens is 400 g/mol. The maximum Gasteiger partial charge on any atom is 0.282 e. The number of hydrogen-bond donors (Lipinski definition) is 1. The van der Waals surface area contributed by atoms with Gasteiger partial charge in [0.1, 0.15) is 11.4 Å². The maximum absolute atomic E-state index is 13.6. The van der Waals surface area contributed by atoms with Crippen LogP contribution < -0.4 is 15.0 Å². The fourth-order valence-electron chi connectivity index (χ4n) is 3.85. The summed E-state index contributed by atoms with van der Waals surface area (Å²) in [5.74, 6) is 0.0000359. The highest BCUT2D eigenvalue weighted by molar-refractivity contribution is 6.46. The molecular formula is C27H26N2O3. The maximum atomic E-state index is 13.6. The summed E-state index contributed by atoms with van der Waals surface area (Å²) in [4.78, 5) is 28.4. The van der Waals surface area contributed by atoms with Crippen molar-refractivity contribution in [3.8, 4) is 5.75 Å². The van der Waals surface area contributed by atoms with Crippen LogP contribution in [0.25, 0.3) is 5.57 Å². The summed E-state index contributed by atoms with van der Waals surface area (Å²) in [5, 5.41) is 3.20. The second-order valence-corrected chi connectivity index (χ2v) is 7.93. The number of amides is 2. The fraction of sp³-hybridized carbons (Fsp3) is 0.185. The minimum Gasteiger partial charge on any atom is -0.494 e. The first-order chi connectivity index (χ1) is 15.4. The van der Waals surface area contributed by atoms with Crippen LogP contribution >= 0.6 is 0 Å². The number of anilines is 2. The average molecular weight is 427 g/mol. The first-order valence-corrected chi connectivity index (χ1v) is 10.7. The van der Waals surface area contributed by atoms with Crippen molar-refractivity contribution in [1.29, 1.82) is 0 Å². The summed E-state index contributed by atoms with van der Waals surface area (Å²) in [6.07, 6.45) is 0. The lowest BCUT2D eigenvalue weighted by molar-refractivity contribution is -0.120. The SMILES string of the molecule is CCOc1ccc(C2=C(Nc3ccc(C)cc3)C(=O)N(c3ccc(C)cc3C)C2=O)cc1. The minimum absolute atomic E-state index is 0.267. The van der Waals surface area contributed by atoms with Gasteiger partial charge in [-0.15, -0.1) is 0 Å². The van der Waals surface area contributed by atoms with Crippen LogP contribution in [0.3, 0.4) is 0 Å². The molecule has 0 spiro atoms. The van der Waals surface area contributed by atoms with E-state index in [9.17, 15) is 9.59 Å². The topological polar surface area (TPSA) is 58.6 Å². The van der Waals surface area contributed by atoms with E-state index in [0.29, 0.717) is 29.2 Å².